The number of pyridine rings is 1. The normalized spacial score (nSPS) is 16.8. The van der Waals surface area contributed by atoms with Gasteiger partial charge in [0.25, 0.3) is 11.5 Å². The van der Waals surface area contributed by atoms with Gasteiger partial charge in [-0.15, -0.1) is 0 Å². The molecule has 0 bridgehead atoms. The van der Waals surface area contributed by atoms with Crippen LogP contribution >= 0.6 is 0 Å². The standard InChI is InChI=1S/C32H29F4N5O8/c1-16-11-18(40-7-8-47-15-24(40)32(34,35)36)13-20(33)25(16)28(42)38-21(30(44)45)12-17-3-4-22(27-26(17)48-9-10-49-27)41-29(43)19-5-6-37-14-23(19)39(2)31(41)46/h3-6,11,13-14,21,24H,7-10,12,15H2,1-2H3,(H,38,42)(H,44,45)/t21-,24+/m0/s1. The molecule has 1 amide bonds. The number of aliphatic carboxylic acids is 1. The van der Waals surface area contributed by atoms with Crippen molar-refractivity contribution in [1.82, 2.24) is 19.4 Å². The van der Waals surface area contributed by atoms with Crippen LogP contribution in [0.1, 0.15) is 21.5 Å². The number of alkyl halides is 3. The van der Waals surface area contributed by atoms with E-state index in [1.54, 1.807) is 0 Å². The Kier molecular flexibility index (Phi) is 8.79. The van der Waals surface area contributed by atoms with Crippen molar-refractivity contribution < 1.29 is 46.5 Å². The number of aromatic nitrogens is 3. The molecular formula is C32H29F4N5O8. The second-order valence-electron chi connectivity index (χ2n) is 11.5. The Balaban J connectivity index is 1.31. The molecule has 17 heteroatoms. The van der Waals surface area contributed by atoms with E-state index < -0.39 is 59.4 Å². The molecule has 4 aromatic rings. The summed E-state index contributed by atoms with van der Waals surface area (Å²) in [4.78, 5) is 57.3. The number of rotatable bonds is 7. The summed E-state index contributed by atoms with van der Waals surface area (Å²) in [7, 11) is 1.47. The zero-order valence-corrected chi connectivity index (χ0v) is 26.0. The first-order chi connectivity index (χ1) is 23.3. The molecule has 0 spiro atoms. The number of carboxylic acid groups (broad SMARTS) is 1. The number of hydrogen-bond acceptors (Lipinski definition) is 9. The number of hydrogen-bond donors (Lipinski definition) is 2. The van der Waals surface area contributed by atoms with Gasteiger partial charge >= 0.3 is 17.8 Å². The molecule has 2 N–H and O–H groups in total. The van der Waals surface area contributed by atoms with E-state index in [4.69, 9.17) is 14.2 Å². The number of halogens is 4. The van der Waals surface area contributed by atoms with E-state index in [9.17, 15) is 37.5 Å². The fourth-order valence-corrected chi connectivity index (χ4v) is 6.04. The zero-order chi connectivity index (χ0) is 35.2. The highest BCUT2D eigenvalue weighted by atomic mass is 19.4. The molecule has 0 saturated carbocycles. The van der Waals surface area contributed by atoms with Crippen LogP contribution in [0.4, 0.5) is 23.2 Å². The van der Waals surface area contributed by atoms with Crippen molar-refractivity contribution in [2.75, 3.05) is 37.9 Å². The molecule has 13 nitrogen and oxygen atoms in total. The largest absolute Gasteiger partial charge is 0.486 e. The molecule has 1 fully saturated rings. The molecule has 2 aromatic heterocycles. The summed E-state index contributed by atoms with van der Waals surface area (Å²) in [6.45, 7) is 0.626. The van der Waals surface area contributed by atoms with Crippen LogP contribution in [0.15, 0.2) is 52.3 Å². The summed E-state index contributed by atoms with van der Waals surface area (Å²) in [5, 5.41) is 12.5. The van der Waals surface area contributed by atoms with Gasteiger partial charge in [0.05, 0.1) is 41.6 Å². The maximum Gasteiger partial charge on any atom is 0.411 e. The van der Waals surface area contributed by atoms with Gasteiger partial charge in [0.2, 0.25) is 0 Å². The average molecular weight is 688 g/mol. The molecular weight excluding hydrogens is 658 g/mol. The summed E-state index contributed by atoms with van der Waals surface area (Å²) < 4.78 is 75.0. The van der Waals surface area contributed by atoms with Gasteiger partial charge in [-0.1, -0.05) is 6.07 Å². The van der Waals surface area contributed by atoms with Crippen molar-refractivity contribution in [3.05, 3.63) is 86.1 Å². The number of aryl methyl sites for hydroxylation is 2. The number of nitrogens with zero attached hydrogens (tertiary/aromatic N) is 4. The minimum absolute atomic E-state index is 0.00423. The number of carbonyl (C=O) groups excluding carboxylic acids is 1. The highest BCUT2D eigenvalue weighted by Crippen LogP contribution is 2.39. The topological polar surface area (TPSA) is 154 Å². The number of benzene rings is 2. The molecule has 0 aliphatic carbocycles. The van der Waals surface area contributed by atoms with E-state index in [1.807, 2.05) is 0 Å². The molecule has 49 heavy (non-hydrogen) atoms. The molecule has 2 atom stereocenters. The quantitative estimate of drug-likeness (QED) is 0.277. The van der Waals surface area contributed by atoms with Gasteiger partial charge < -0.3 is 29.5 Å². The molecule has 6 rings (SSSR count). The van der Waals surface area contributed by atoms with Crippen LogP contribution < -0.4 is 30.9 Å². The third kappa shape index (κ3) is 6.16. The Hall–Kier alpha value is -5.45. The van der Waals surface area contributed by atoms with E-state index in [0.29, 0.717) is 5.52 Å². The Bertz CT molecular complexity index is 2070. The fraction of sp³-hybridized carbons (Fsp3) is 0.344. The van der Waals surface area contributed by atoms with Crippen molar-refractivity contribution in [1.29, 1.82) is 0 Å². The van der Waals surface area contributed by atoms with Gasteiger partial charge in [0.1, 0.15) is 31.1 Å². The first-order valence-electron chi connectivity index (χ1n) is 15.0. The molecule has 1 saturated heterocycles. The zero-order valence-electron chi connectivity index (χ0n) is 26.0. The summed E-state index contributed by atoms with van der Waals surface area (Å²) in [6, 6.07) is 2.66. The maximum absolute atomic E-state index is 15.4. The molecule has 2 aromatic carbocycles. The number of nitrogens with one attached hydrogen (secondary N) is 1. The highest BCUT2D eigenvalue weighted by molar-refractivity contribution is 5.98. The number of morpholine rings is 1. The smallest absolute Gasteiger partial charge is 0.411 e. The Morgan fingerprint density at radius 1 is 1.10 bits per heavy atom. The average Bonchev–Trinajstić information content (AvgIpc) is 3.07. The number of carbonyl (C=O) groups is 2. The second-order valence-corrected chi connectivity index (χ2v) is 11.5. The lowest BCUT2D eigenvalue weighted by atomic mass is 10.0. The minimum Gasteiger partial charge on any atom is -0.486 e. The molecule has 0 unspecified atom stereocenters. The van der Waals surface area contributed by atoms with E-state index >= 15 is 4.39 Å². The van der Waals surface area contributed by atoms with Gasteiger partial charge in [-0.25, -0.2) is 18.5 Å². The SMILES string of the molecule is Cc1cc(N2CCOC[C@@H]2C(F)(F)F)cc(F)c1C(=O)N[C@@H](Cc1ccc(-n2c(=O)c3ccncc3n(C)c2=O)c2c1OCCO2)C(=O)O. The molecule has 2 aliphatic rings. The lowest BCUT2D eigenvalue weighted by Gasteiger charge is -2.38. The highest BCUT2D eigenvalue weighted by Gasteiger charge is 2.45. The van der Waals surface area contributed by atoms with Crippen molar-refractivity contribution in [3.63, 3.8) is 0 Å². The minimum atomic E-state index is -4.65. The van der Waals surface area contributed by atoms with Crippen molar-refractivity contribution in [3.8, 4) is 17.2 Å². The van der Waals surface area contributed by atoms with Crippen LogP contribution in [0.2, 0.25) is 0 Å². The maximum atomic E-state index is 15.4. The third-order valence-corrected chi connectivity index (χ3v) is 8.43. The first-order valence-corrected chi connectivity index (χ1v) is 15.0. The van der Waals surface area contributed by atoms with Gasteiger partial charge in [-0.3, -0.25) is 19.1 Å². The molecule has 258 valence electrons. The van der Waals surface area contributed by atoms with Crippen molar-refractivity contribution >= 4 is 28.5 Å². The summed E-state index contributed by atoms with van der Waals surface area (Å²) in [5.74, 6) is -3.67. The number of fused-ring (bicyclic) bond motifs is 2. The van der Waals surface area contributed by atoms with Crippen LogP contribution in [0.3, 0.4) is 0 Å². The van der Waals surface area contributed by atoms with Gasteiger partial charge in [0.15, 0.2) is 11.5 Å². The van der Waals surface area contributed by atoms with Gasteiger partial charge in [-0.2, -0.15) is 13.2 Å². The Morgan fingerprint density at radius 3 is 2.53 bits per heavy atom. The summed E-state index contributed by atoms with van der Waals surface area (Å²) >= 11 is 0. The third-order valence-electron chi connectivity index (χ3n) is 8.43. The fourth-order valence-electron chi connectivity index (χ4n) is 6.04. The van der Waals surface area contributed by atoms with Crippen molar-refractivity contribution in [2.45, 2.75) is 31.6 Å². The van der Waals surface area contributed by atoms with Crippen molar-refractivity contribution in [2.24, 2.45) is 7.05 Å². The lowest BCUT2D eigenvalue weighted by Crippen LogP contribution is -2.53. The van der Waals surface area contributed by atoms with Gasteiger partial charge in [-0.05, 0) is 36.8 Å². The van der Waals surface area contributed by atoms with Gasteiger partial charge in [0, 0.05) is 37.5 Å². The van der Waals surface area contributed by atoms with E-state index in [0.717, 1.165) is 15.5 Å². The number of amides is 1. The van der Waals surface area contributed by atoms with Crippen LogP contribution in [0.25, 0.3) is 16.6 Å². The van der Waals surface area contributed by atoms with E-state index in [1.165, 1.54) is 55.2 Å². The predicted molar refractivity (Wildman–Crippen MR) is 165 cm³/mol. The predicted octanol–water partition coefficient (Wildman–Crippen LogP) is 2.50. The number of ether oxygens (including phenoxy) is 3. The lowest BCUT2D eigenvalue weighted by molar-refractivity contribution is -0.167. The van der Waals surface area contributed by atoms with Crippen LogP contribution in [-0.4, -0.2) is 82.3 Å². The molecule has 0 radical (unpaired) electrons. The summed E-state index contributed by atoms with van der Waals surface area (Å²) in [5.41, 5.74) is -1.41. The van der Waals surface area contributed by atoms with Crippen LogP contribution in [0, 0.1) is 12.7 Å². The summed E-state index contributed by atoms with van der Waals surface area (Å²) in [6.07, 6.45) is -2.24. The van der Waals surface area contributed by atoms with E-state index in [2.05, 4.69) is 10.3 Å². The van der Waals surface area contributed by atoms with Crippen LogP contribution in [-0.2, 0) is 23.0 Å². The monoisotopic (exact) mass is 687 g/mol. The second kappa shape index (κ2) is 12.9. The molecule has 4 heterocycles. The molecule has 2 aliphatic heterocycles. The Labute approximate surface area is 274 Å². The first kappa shape index (κ1) is 33.5. The number of carboxylic acids is 1. The Morgan fingerprint density at radius 2 is 1.84 bits per heavy atom. The van der Waals surface area contributed by atoms with Crippen LogP contribution in [0.5, 0.6) is 11.5 Å². The van der Waals surface area contributed by atoms with E-state index in [-0.39, 0.29) is 72.2 Å². The number of anilines is 1.